The molecule has 2 atom stereocenters. The van der Waals surface area contributed by atoms with Gasteiger partial charge in [-0.2, -0.15) is 0 Å². The van der Waals surface area contributed by atoms with Gasteiger partial charge in [0.1, 0.15) is 5.37 Å². The van der Waals surface area contributed by atoms with Crippen LogP contribution in [0.25, 0.3) is 0 Å². The minimum atomic E-state index is -0.206. The third-order valence-electron chi connectivity index (χ3n) is 5.33. The highest BCUT2D eigenvalue weighted by atomic mass is 32.2. The van der Waals surface area contributed by atoms with E-state index in [1.165, 1.54) is 50.5 Å². The van der Waals surface area contributed by atoms with Crippen LogP contribution in [0, 0.1) is 17.8 Å². The summed E-state index contributed by atoms with van der Waals surface area (Å²) in [6, 6.07) is 0. The van der Waals surface area contributed by atoms with Gasteiger partial charge in [0.2, 0.25) is 0 Å². The molecule has 2 unspecified atom stereocenters. The fourth-order valence-corrected chi connectivity index (χ4v) is 5.93. The lowest BCUT2D eigenvalue weighted by Gasteiger charge is -2.57. The van der Waals surface area contributed by atoms with Crippen molar-refractivity contribution >= 4 is 11.9 Å². The first-order chi connectivity index (χ1) is 9.26. The van der Waals surface area contributed by atoms with Crippen LogP contribution in [0.15, 0.2) is 9.63 Å². The average molecular weight is 282 g/mol. The number of nitrogens with two attached hydrogens (primary N) is 1. The summed E-state index contributed by atoms with van der Waals surface area (Å²) < 4.78 is 9.53. The SMILES string of the molecule is NCOC1N=NSC1NC12CC3CC(CC(C3)C1)C2. The number of nitrogens with one attached hydrogen (secondary N) is 1. The largest absolute Gasteiger partial charge is 0.337 e. The van der Waals surface area contributed by atoms with Crippen molar-refractivity contribution in [2.75, 3.05) is 6.73 Å². The van der Waals surface area contributed by atoms with Crippen molar-refractivity contribution in [2.24, 2.45) is 33.1 Å². The summed E-state index contributed by atoms with van der Waals surface area (Å²) in [7, 11) is 0. The molecule has 4 bridgehead atoms. The molecule has 106 valence electrons. The van der Waals surface area contributed by atoms with Crippen molar-refractivity contribution in [3.05, 3.63) is 0 Å². The second-order valence-electron chi connectivity index (χ2n) is 6.79. The van der Waals surface area contributed by atoms with Crippen molar-refractivity contribution in [2.45, 2.75) is 55.7 Å². The molecule has 0 saturated heterocycles. The minimum Gasteiger partial charge on any atom is -0.337 e. The maximum Gasteiger partial charge on any atom is 0.197 e. The highest BCUT2D eigenvalue weighted by molar-refractivity contribution is 7.98. The molecular weight excluding hydrogens is 260 g/mol. The Morgan fingerprint density at radius 1 is 1.16 bits per heavy atom. The normalized spacial score (nSPS) is 51.1. The molecule has 0 aromatic carbocycles. The molecule has 4 fully saturated rings. The van der Waals surface area contributed by atoms with E-state index in [0.717, 1.165) is 17.8 Å². The molecule has 4 saturated carbocycles. The first kappa shape index (κ1) is 12.6. The van der Waals surface area contributed by atoms with E-state index in [0.29, 0.717) is 5.54 Å². The molecule has 1 aliphatic heterocycles. The van der Waals surface area contributed by atoms with Gasteiger partial charge >= 0.3 is 0 Å². The summed E-state index contributed by atoms with van der Waals surface area (Å²) >= 11 is 1.51. The van der Waals surface area contributed by atoms with E-state index in [9.17, 15) is 0 Å². The van der Waals surface area contributed by atoms with Gasteiger partial charge in [0.25, 0.3) is 0 Å². The number of ether oxygens (including phenoxy) is 1. The second kappa shape index (κ2) is 4.69. The van der Waals surface area contributed by atoms with Crippen LogP contribution in [0.3, 0.4) is 0 Å². The van der Waals surface area contributed by atoms with Crippen LogP contribution in [-0.2, 0) is 4.74 Å². The maximum atomic E-state index is 5.47. The second-order valence-corrected chi connectivity index (χ2v) is 7.67. The molecular formula is C13H22N4OS. The average Bonchev–Trinajstić information content (AvgIpc) is 2.74. The smallest absolute Gasteiger partial charge is 0.197 e. The molecule has 5 aliphatic rings. The summed E-state index contributed by atoms with van der Waals surface area (Å²) in [5, 5.41) is 8.13. The van der Waals surface area contributed by atoms with Gasteiger partial charge in [-0.05, 0) is 56.3 Å². The molecule has 6 heteroatoms. The van der Waals surface area contributed by atoms with Gasteiger partial charge in [0.15, 0.2) is 6.23 Å². The Kier molecular flexibility index (Phi) is 3.10. The molecule has 0 radical (unpaired) electrons. The zero-order valence-electron chi connectivity index (χ0n) is 11.1. The van der Waals surface area contributed by atoms with Crippen molar-refractivity contribution < 1.29 is 4.74 Å². The van der Waals surface area contributed by atoms with Crippen molar-refractivity contribution in [3.63, 3.8) is 0 Å². The molecule has 19 heavy (non-hydrogen) atoms. The van der Waals surface area contributed by atoms with Gasteiger partial charge in [-0.25, -0.2) is 0 Å². The van der Waals surface area contributed by atoms with Crippen LogP contribution in [0.1, 0.15) is 38.5 Å². The molecule has 3 N–H and O–H groups in total. The van der Waals surface area contributed by atoms with E-state index in [2.05, 4.69) is 15.0 Å². The zero-order valence-corrected chi connectivity index (χ0v) is 11.9. The standard InChI is InChI=1S/C13H22N4OS/c14-7-18-11-12(19-17-16-11)15-13-4-8-1-9(5-13)3-10(2-8)6-13/h8-12,15H,1-7,14H2. The molecule has 1 heterocycles. The highest BCUT2D eigenvalue weighted by Crippen LogP contribution is 2.56. The quantitative estimate of drug-likeness (QED) is 0.613. The van der Waals surface area contributed by atoms with Crippen LogP contribution in [0.5, 0.6) is 0 Å². The molecule has 0 aromatic rings. The number of hydrogen-bond acceptors (Lipinski definition) is 6. The fourth-order valence-electron chi connectivity index (χ4n) is 5.14. The maximum absolute atomic E-state index is 5.47. The summed E-state index contributed by atoms with van der Waals surface area (Å²) in [5.41, 5.74) is 5.80. The van der Waals surface area contributed by atoms with E-state index < -0.39 is 0 Å². The Balaban J connectivity index is 1.47. The number of nitrogens with zero attached hydrogens (tertiary/aromatic N) is 2. The van der Waals surface area contributed by atoms with Crippen LogP contribution >= 0.6 is 11.9 Å². The van der Waals surface area contributed by atoms with E-state index in [-0.39, 0.29) is 18.3 Å². The van der Waals surface area contributed by atoms with Crippen LogP contribution < -0.4 is 11.1 Å². The van der Waals surface area contributed by atoms with E-state index >= 15 is 0 Å². The van der Waals surface area contributed by atoms with Crippen LogP contribution in [-0.4, -0.2) is 23.9 Å². The highest BCUT2D eigenvalue weighted by Gasteiger charge is 2.52. The van der Waals surface area contributed by atoms with Gasteiger partial charge in [0.05, 0.1) is 6.73 Å². The predicted octanol–water partition coefficient (Wildman–Crippen LogP) is 2.24. The summed E-state index contributed by atoms with van der Waals surface area (Å²) in [5.74, 6) is 2.86. The topological polar surface area (TPSA) is 72.0 Å². The van der Waals surface area contributed by atoms with E-state index in [1.54, 1.807) is 0 Å². The predicted molar refractivity (Wildman–Crippen MR) is 74.2 cm³/mol. The van der Waals surface area contributed by atoms with Crippen LogP contribution in [0.4, 0.5) is 0 Å². The fraction of sp³-hybridized carbons (Fsp3) is 1.00. The molecule has 0 aromatic heterocycles. The zero-order chi connectivity index (χ0) is 12.9. The molecule has 0 spiro atoms. The summed E-state index contributed by atoms with van der Waals surface area (Å²) in [6.45, 7) is 0.212. The van der Waals surface area contributed by atoms with Gasteiger partial charge in [-0.3, -0.25) is 5.32 Å². The van der Waals surface area contributed by atoms with E-state index in [4.69, 9.17) is 10.5 Å². The van der Waals surface area contributed by atoms with Crippen LogP contribution in [0.2, 0.25) is 0 Å². The van der Waals surface area contributed by atoms with Gasteiger partial charge in [0, 0.05) is 17.5 Å². The molecule has 0 amide bonds. The monoisotopic (exact) mass is 282 g/mol. The molecule has 5 nitrogen and oxygen atoms in total. The van der Waals surface area contributed by atoms with E-state index in [1.807, 2.05) is 0 Å². The Morgan fingerprint density at radius 3 is 2.37 bits per heavy atom. The lowest BCUT2D eigenvalue weighted by Crippen LogP contribution is -2.61. The molecule has 4 aliphatic carbocycles. The molecule has 5 rings (SSSR count). The van der Waals surface area contributed by atoms with Crippen molar-refractivity contribution in [1.29, 1.82) is 0 Å². The van der Waals surface area contributed by atoms with Crippen molar-refractivity contribution in [3.8, 4) is 0 Å². The minimum absolute atomic E-state index is 0.153. The first-order valence-electron chi connectivity index (χ1n) is 7.42. The summed E-state index contributed by atoms with van der Waals surface area (Å²) in [4.78, 5) is 0. The van der Waals surface area contributed by atoms with Gasteiger partial charge in [-0.15, -0.1) is 9.63 Å². The Bertz CT molecular complexity index is 354. The summed E-state index contributed by atoms with van der Waals surface area (Å²) in [6.07, 6.45) is 8.22. The number of rotatable bonds is 4. The van der Waals surface area contributed by atoms with Gasteiger partial charge < -0.3 is 10.5 Å². The Hall–Kier alpha value is -0.170. The van der Waals surface area contributed by atoms with Crippen molar-refractivity contribution in [1.82, 2.24) is 5.32 Å². The Morgan fingerprint density at radius 2 is 1.79 bits per heavy atom. The first-order valence-corrected chi connectivity index (χ1v) is 8.25. The third kappa shape index (κ3) is 2.22. The van der Waals surface area contributed by atoms with Gasteiger partial charge in [-0.1, -0.05) is 0 Å². The third-order valence-corrected chi connectivity index (χ3v) is 6.10. The number of hydrogen-bond donors (Lipinski definition) is 2. The lowest BCUT2D eigenvalue weighted by molar-refractivity contribution is -0.0326. The lowest BCUT2D eigenvalue weighted by atomic mass is 9.53. The Labute approximate surface area is 118 Å².